The molecule has 0 spiro atoms. The molecule has 0 heterocycles. The van der Waals surface area contributed by atoms with Crippen LogP contribution in [-0.4, -0.2) is 27.2 Å². The summed E-state index contributed by atoms with van der Waals surface area (Å²) < 4.78 is 15.9. The van der Waals surface area contributed by atoms with Crippen molar-refractivity contribution in [3.63, 3.8) is 0 Å². The van der Waals surface area contributed by atoms with Gasteiger partial charge in [-0.2, -0.15) is 0 Å². The Bertz CT molecular complexity index is 710. The molecule has 0 radical (unpaired) electrons. The van der Waals surface area contributed by atoms with Crippen molar-refractivity contribution < 1.29 is 19.0 Å². The quantitative estimate of drug-likeness (QED) is 0.799. The first kappa shape index (κ1) is 18.6. The van der Waals surface area contributed by atoms with Crippen molar-refractivity contribution in [2.45, 2.75) is 26.3 Å². The summed E-state index contributed by atoms with van der Waals surface area (Å²) >= 11 is 0. The van der Waals surface area contributed by atoms with Gasteiger partial charge in [-0.15, -0.1) is 0 Å². The van der Waals surface area contributed by atoms with Crippen LogP contribution < -0.4 is 19.5 Å². The fourth-order valence-corrected chi connectivity index (χ4v) is 2.53. The Morgan fingerprint density at radius 3 is 2.12 bits per heavy atom. The van der Waals surface area contributed by atoms with E-state index in [9.17, 15) is 4.79 Å². The molecule has 0 fully saturated rings. The van der Waals surface area contributed by atoms with Gasteiger partial charge in [0.25, 0.3) is 0 Å². The highest BCUT2D eigenvalue weighted by molar-refractivity contribution is 5.76. The summed E-state index contributed by atoms with van der Waals surface area (Å²) in [7, 11) is 4.74. The van der Waals surface area contributed by atoms with Gasteiger partial charge in [0.15, 0.2) is 11.5 Å². The molecular formula is C20H25NO4. The first-order valence-electron chi connectivity index (χ1n) is 8.18. The van der Waals surface area contributed by atoms with E-state index < -0.39 is 0 Å². The van der Waals surface area contributed by atoms with Crippen molar-refractivity contribution in [1.29, 1.82) is 0 Å². The molecule has 0 atom stereocenters. The number of carbonyl (C=O) groups excluding carboxylic acids is 1. The van der Waals surface area contributed by atoms with Crippen LogP contribution in [0.5, 0.6) is 17.2 Å². The van der Waals surface area contributed by atoms with Crippen LogP contribution in [0.3, 0.4) is 0 Å². The van der Waals surface area contributed by atoms with Gasteiger partial charge in [0.1, 0.15) is 5.75 Å². The number of carbonyl (C=O) groups is 1. The lowest BCUT2D eigenvalue weighted by Gasteiger charge is -2.14. The molecule has 2 aromatic carbocycles. The van der Waals surface area contributed by atoms with Crippen LogP contribution in [0.4, 0.5) is 0 Å². The lowest BCUT2D eigenvalue weighted by atomic mass is 10.1. The number of aryl methyl sites for hydroxylation is 2. The van der Waals surface area contributed by atoms with E-state index >= 15 is 0 Å². The molecule has 134 valence electrons. The second-order valence-electron chi connectivity index (χ2n) is 5.78. The highest BCUT2D eigenvalue weighted by Gasteiger charge is 2.12. The number of methoxy groups -OCH3 is 3. The van der Waals surface area contributed by atoms with E-state index in [1.54, 1.807) is 27.4 Å². The molecule has 0 saturated heterocycles. The van der Waals surface area contributed by atoms with Crippen LogP contribution in [0.1, 0.15) is 23.1 Å². The molecule has 1 N–H and O–H groups in total. The van der Waals surface area contributed by atoms with Crippen LogP contribution >= 0.6 is 0 Å². The topological polar surface area (TPSA) is 56.8 Å². The minimum atomic E-state index is -0.00240. The van der Waals surface area contributed by atoms with Crippen molar-refractivity contribution in [2.75, 3.05) is 21.3 Å². The van der Waals surface area contributed by atoms with Crippen molar-refractivity contribution in [3.05, 3.63) is 53.1 Å². The minimum absolute atomic E-state index is 0.00240. The van der Waals surface area contributed by atoms with Gasteiger partial charge in [0.05, 0.1) is 21.3 Å². The zero-order chi connectivity index (χ0) is 18.2. The third kappa shape index (κ3) is 5.14. The van der Waals surface area contributed by atoms with E-state index in [1.165, 1.54) is 5.56 Å². The summed E-state index contributed by atoms with van der Waals surface area (Å²) in [4.78, 5) is 12.1. The summed E-state index contributed by atoms with van der Waals surface area (Å²) in [5, 5.41) is 2.93. The van der Waals surface area contributed by atoms with Gasteiger partial charge in [-0.3, -0.25) is 4.79 Å². The van der Waals surface area contributed by atoms with Gasteiger partial charge >= 0.3 is 0 Å². The number of amides is 1. The molecule has 2 rings (SSSR count). The van der Waals surface area contributed by atoms with Crippen LogP contribution in [0.25, 0.3) is 0 Å². The number of nitrogens with one attached hydrogen (secondary N) is 1. The van der Waals surface area contributed by atoms with Crippen LogP contribution in [0.2, 0.25) is 0 Å². The number of rotatable bonds is 8. The molecule has 0 aliphatic carbocycles. The number of hydrogen-bond donors (Lipinski definition) is 1. The van der Waals surface area contributed by atoms with Gasteiger partial charge in [-0.25, -0.2) is 0 Å². The van der Waals surface area contributed by atoms with Crippen LogP contribution in [0, 0.1) is 6.92 Å². The first-order valence-corrected chi connectivity index (χ1v) is 8.18. The highest BCUT2D eigenvalue weighted by atomic mass is 16.5. The van der Waals surface area contributed by atoms with Gasteiger partial charge in [-0.1, -0.05) is 29.8 Å². The molecule has 2 aromatic rings. The lowest BCUT2D eigenvalue weighted by molar-refractivity contribution is -0.121. The molecule has 0 aliphatic heterocycles. The maximum Gasteiger partial charge on any atom is 0.220 e. The van der Waals surface area contributed by atoms with Gasteiger partial charge in [0.2, 0.25) is 5.91 Å². The van der Waals surface area contributed by atoms with Gasteiger partial charge < -0.3 is 19.5 Å². The Morgan fingerprint density at radius 1 is 0.920 bits per heavy atom. The van der Waals surface area contributed by atoms with Gasteiger partial charge in [0, 0.05) is 24.6 Å². The normalized spacial score (nSPS) is 10.2. The fourth-order valence-electron chi connectivity index (χ4n) is 2.53. The average molecular weight is 343 g/mol. The molecule has 0 aliphatic rings. The van der Waals surface area contributed by atoms with E-state index in [0.717, 1.165) is 17.5 Å². The smallest absolute Gasteiger partial charge is 0.220 e. The Kier molecular flexibility index (Phi) is 6.69. The summed E-state index contributed by atoms with van der Waals surface area (Å²) in [6.45, 7) is 2.42. The predicted octanol–water partition coefficient (Wildman–Crippen LogP) is 3.27. The van der Waals surface area contributed by atoms with Crippen molar-refractivity contribution in [2.24, 2.45) is 0 Å². The van der Waals surface area contributed by atoms with Crippen molar-refractivity contribution >= 4 is 5.91 Å². The SMILES string of the molecule is COc1cc(OC)c(OC)cc1CNC(=O)CCc1ccc(C)cc1. The molecule has 1 amide bonds. The zero-order valence-electron chi connectivity index (χ0n) is 15.2. The number of benzene rings is 2. The molecule has 0 unspecified atom stereocenters. The zero-order valence-corrected chi connectivity index (χ0v) is 15.2. The molecule has 0 bridgehead atoms. The molecule has 0 saturated carbocycles. The minimum Gasteiger partial charge on any atom is -0.496 e. The Labute approximate surface area is 148 Å². The Balaban J connectivity index is 1.95. The predicted molar refractivity (Wildman–Crippen MR) is 97.4 cm³/mol. The van der Waals surface area contributed by atoms with E-state index in [0.29, 0.717) is 30.2 Å². The molecule has 25 heavy (non-hydrogen) atoms. The molecular weight excluding hydrogens is 318 g/mol. The lowest BCUT2D eigenvalue weighted by Crippen LogP contribution is -2.23. The van der Waals surface area contributed by atoms with Crippen LogP contribution in [0.15, 0.2) is 36.4 Å². The summed E-state index contributed by atoms with van der Waals surface area (Å²) in [6, 6.07) is 11.8. The summed E-state index contributed by atoms with van der Waals surface area (Å²) in [5.41, 5.74) is 3.21. The second-order valence-corrected chi connectivity index (χ2v) is 5.78. The summed E-state index contributed by atoms with van der Waals surface area (Å²) in [5.74, 6) is 1.84. The molecule has 5 nitrogen and oxygen atoms in total. The number of hydrogen-bond acceptors (Lipinski definition) is 4. The standard InChI is InChI=1S/C20H25NO4/c1-14-5-7-15(8-6-14)9-10-20(22)21-13-16-11-18(24-3)19(25-4)12-17(16)23-2/h5-8,11-12H,9-10,13H2,1-4H3,(H,21,22). The van der Waals surface area contributed by atoms with Crippen molar-refractivity contribution in [1.82, 2.24) is 5.32 Å². The van der Waals surface area contributed by atoms with E-state index in [-0.39, 0.29) is 5.91 Å². The number of ether oxygens (including phenoxy) is 3. The highest BCUT2D eigenvalue weighted by Crippen LogP contribution is 2.34. The maximum absolute atomic E-state index is 12.1. The third-order valence-electron chi connectivity index (χ3n) is 4.02. The van der Waals surface area contributed by atoms with E-state index in [2.05, 4.69) is 29.6 Å². The van der Waals surface area contributed by atoms with Gasteiger partial charge in [-0.05, 0) is 25.0 Å². The summed E-state index contributed by atoms with van der Waals surface area (Å²) in [6.07, 6.45) is 1.16. The monoisotopic (exact) mass is 343 g/mol. The largest absolute Gasteiger partial charge is 0.496 e. The average Bonchev–Trinajstić information content (AvgIpc) is 2.65. The van der Waals surface area contributed by atoms with E-state index in [4.69, 9.17) is 14.2 Å². The first-order chi connectivity index (χ1) is 12.1. The van der Waals surface area contributed by atoms with Crippen molar-refractivity contribution in [3.8, 4) is 17.2 Å². The molecule has 0 aromatic heterocycles. The van der Waals surface area contributed by atoms with E-state index in [1.807, 2.05) is 13.0 Å². The Morgan fingerprint density at radius 2 is 1.52 bits per heavy atom. The third-order valence-corrected chi connectivity index (χ3v) is 4.02. The Hall–Kier alpha value is -2.69. The van der Waals surface area contributed by atoms with Crippen LogP contribution in [-0.2, 0) is 17.8 Å². The second kappa shape index (κ2) is 8.97. The molecule has 5 heteroatoms. The maximum atomic E-state index is 12.1. The fraction of sp³-hybridized carbons (Fsp3) is 0.350.